The molecule has 0 amide bonds. The highest BCUT2D eigenvalue weighted by Gasteiger charge is 2.33. The maximum absolute atomic E-state index is 4.93. The maximum Gasteiger partial charge on any atom is 0.134 e. The highest BCUT2D eigenvalue weighted by molar-refractivity contribution is 7.99. The third kappa shape index (κ3) is 13.2. The van der Waals surface area contributed by atoms with Gasteiger partial charge < -0.3 is 4.90 Å². The number of hydrogen-bond acceptors (Lipinski definition) is 5. The molecule has 0 aromatic carbocycles. The normalized spacial score (nSPS) is 27.3. The Balaban J connectivity index is 1.51. The van der Waals surface area contributed by atoms with Crippen LogP contribution in [-0.4, -0.2) is 39.0 Å². The van der Waals surface area contributed by atoms with E-state index < -0.39 is 0 Å². The quantitative estimate of drug-likeness (QED) is 0.270. The second-order valence-electron chi connectivity index (χ2n) is 12.1. The smallest absolute Gasteiger partial charge is 0.134 e. The average molecular weight is 550 g/mol. The summed E-state index contributed by atoms with van der Waals surface area (Å²) in [6, 6.07) is 0. The largest absolute Gasteiger partial charge is 0.303 e. The van der Waals surface area contributed by atoms with E-state index >= 15 is 0 Å². The first-order chi connectivity index (χ1) is 18.4. The molecule has 2 bridgehead atoms. The Bertz CT molecular complexity index is 660. The van der Waals surface area contributed by atoms with Crippen LogP contribution in [0.4, 0.5) is 0 Å². The van der Waals surface area contributed by atoms with Crippen molar-refractivity contribution in [3.63, 3.8) is 0 Å². The van der Waals surface area contributed by atoms with Crippen LogP contribution in [0.3, 0.4) is 0 Å². The highest BCUT2D eigenvalue weighted by atomic mass is 32.2. The van der Waals surface area contributed by atoms with Crippen LogP contribution >= 0.6 is 23.5 Å². The molecule has 0 aliphatic carbocycles. The number of piperidine rings is 1. The lowest BCUT2D eigenvalue weighted by Crippen LogP contribution is -2.40. The minimum atomic E-state index is 0.603. The zero-order valence-electron chi connectivity index (χ0n) is 24.4. The molecule has 4 heterocycles. The fourth-order valence-electron chi connectivity index (χ4n) is 6.50. The summed E-state index contributed by atoms with van der Waals surface area (Å²) in [6.45, 7) is 6.10. The van der Waals surface area contributed by atoms with E-state index in [0.29, 0.717) is 5.92 Å². The minimum Gasteiger partial charge on any atom is -0.303 e. The third-order valence-corrected chi connectivity index (χ3v) is 10.7. The van der Waals surface area contributed by atoms with Crippen molar-refractivity contribution in [1.82, 2.24) is 13.6 Å². The summed E-state index contributed by atoms with van der Waals surface area (Å²) >= 11 is 3.43. The third-order valence-electron chi connectivity index (χ3n) is 8.96. The second-order valence-corrected chi connectivity index (χ2v) is 13.7. The van der Waals surface area contributed by atoms with Crippen molar-refractivity contribution in [2.24, 2.45) is 5.92 Å². The summed E-state index contributed by atoms with van der Waals surface area (Å²) in [5.74, 6) is 2.60. The predicted octanol–water partition coefficient (Wildman–Crippen LogP) is 10.7. The molecule has 3 atom stereocenters. The Hall–Kier alpha value is -0.130. The van der Waals surface area contributed by atoms with E-state index in [2.05, 4.69) is 11.8 Å². The first kappa shape index (κ1) is 31.4. The number of rotatable bonds is 5. The van der Waals surface area contributed by atoms with Crippen LogP contribution < -0.4 is 0 Å². The summed E-state index contributed by atoms with van der Waals surface area (Å²) in [7, 11) is 0. The van der Waals surface area contributed by atoms with Gasteiger partial charge in [-0.05, 0) is 50.4 Å². The number of thioether (sulfide) groups is 1. The monoisotopic (exact) mass is 549 g/mol. The van der Waals surface area contributed by atoms with Crippen LogP contribution in [0.1, 0.15) is 166 Å². The molecule has 0 radical (unpaired) electrons. The van der Waals surface area contributed by atoms with E-state index in [1.165, 1.54) is 196 Å². The highest BCUT2D eigenvalue weighted by Crippen LogP contribution is 2.39. The molecule has 3 unspecified atom stereocenters. The van der Waals surface area contributed by atoms with Gasteiger partial charge >= 0.3 is 0 Å². The summed E-state index contributed by atoms with van der Waals surface area (Å²) in [5.41, 5.74) is 1.36. The molecule has 4 rings (SSSR count). The zero-order valence-corrected chi connectivity index (χ0v) is 26.0. The van der Waals surface area contributed by atoms with Crippen molar-refractivity contribution < 1.29 is 0 Å². The van der Waals surface area contributed by atoms with Gasteiger partial charge in [-0.2, -0.15) is 8.75 Å². The van der Waals surface area contributed by atoms with Crippen LogP contribution in [0, 0.1) is 5.92 Å². The standard InChI is InChI=1S/C32H59N3S2/c1-2-3-27-36-32-31(33-37-34-32)30-28-35-25-22-20-18-16-14-12-10-8-6-4-5-7-9-11-13-15-17-19-21-23-29(30)24-26-35/h29-30H,2-28H2,1H3. The summed E-state index contributed by atoms with van der Waals surface area (Å²) in [4.78, 5) is 2.78. The van der Waals surface area contributed by atoms with Crippen LogP contribution in [0.15, 0.2) is 5.03 Å². The van der Waals surface area contributed by atoms with Gasteiger partial charge in [-0.25, -0.2) is 0 Å². The Labute approximate surface area is 239 Å². The maximum atomic E-state index is 4.93. The number of nitrogens with zero attached hydrogens (tertiary/aromatic N) is 3. The summed E-state index contributed by atoms with van der Waals surface area (Å²) in [5, 5.41) is 1.26. The van der Waals surface area contributed by atoms with E-state index in [-0.39, 0.29) is 0 Å². The molecule has 3 aliphatic rings. The first-order valence-electron chi connectivity index (χ1n) is 16.6. The molecule has 0 saturated carbocycles. The van der Waals surface area contributed by atoms with Crippen LogP contribution in [0.25, 0.3) is 0 Å². The van der Waals surface area contributed by atoms with Crippen LogP contribution in [0.2, 0.25) is 0 Å². The lowest BCUT2D eigenvalue weighted by Gasteiger charge is -2.38. The van der Waals surface area contributed by atoms with Gasteiger partial charge in [0.05, 0.1) is 17.4 Å². The molecule has 3 aliphatic heterocycles. The molecule has 0 N–H and O–H groups in total. The van der Waals surface area contributed by atoms with Gasteiger partial charge in [0.25, 0.3) is 0 Å². The topological polar surface area (TPSA) is 29.0 Å². The summed E-state index contributed by atoms with van der Waals surface area (Å²) < 4.78 is 9.70. The second kappa shape index (κ2) is 20.7. The first-order valence-corrected chi connectivity index (χ1v) is 18.3. The fourth-order valence-corrected chi connectivity index (χ4v) is 8.36. The summed E-state index contributed by atoms with van der Waals surface area (Å²) in [6.07, 6.45) is 32.9. The average Bonchev–Trinajstić information content (AvgIpc) is 3.38. The van der Waals surface area contributed by atoms with E-state index in [1.54, 1.807) is 0 Å². The van der Waals surface area contributed by atoms with Crippen LogP contribution in [0.5, 0.6) is 0 Å². The van der Waals surface area contributed by atoms with Crippen LogP contribution in [-0.2, 0) is 0 Å². The number of aromatic nitrogens is 2. The Morgan fingerprint density at radius 2 is 1.22 bits per heavy atom. The molecule has 3 saturated heterocycles. The van der Waals surface area contributed by atoms with Crippen molar-refractivity contribution in [3.8, 4) is 0 Å². The molecule has 1 aromatic rings. The SMILES string of the molecule is CCCCSc1nsnc1C1CN2CCCCCCCCCCCCCCCCCCCCCC1CC2. The van der Waals surface area contributed by atoms with E-state index in [1.807, 2.05) is 11.8 Å². The number of fused-ring (bicyclic) bond motifs is 22. The van der Waals surface area contributed by atoms with E-state index in [9.17, 15) is 0 Å². The van der Waals surface area contributed by atoms with Gasteiger partial charge in [0.15, 0.2) is 0 Å². The van der Waals surface area contributed by atoms with Crippen molar-refractivity contribution in [3.05, 3.63) is 5.69 Å². The zero-order chi connectivity index (χ0) is 25.8. The van der Waals surface area contributed by atoms with Crippen molar-refractivity contribution >= 4 is 23.5 Å². The van der Waals surface area contributed by atoms with Crippen molar-refractivity contribution in [2.75, 3.05) is 25.4 Å². The van der Waals surface area contributed by atoms with Gasteiger partial charge in [0.1, 0.15) is 5.03 Å². The van der Waals surface area contributed by atoms with Crippen molar-refractivity contribution in [1.29, 1.82) is 0 Å². The molecule has 3 nitrogen and oxygen atoms in total. The van der Waals surface area contributed by atoms with Gasteiger partial charge in [-0.3, -0.25) is 0 Å². The molecular weight excluding hydrogens is 491 g/mol. The van der Waals surface area contributed by atoms with Gasteiger partial charge in [-0.1, -0.05) is 129 Å². The number of hydrogen-bond donors (Lipinski definition) is 0. The van der Waals surface area contributed by atoms with Gasteiger partial charge in [0, 0.05) is 12.5 Å². The molecular formula is C32H59N3S2. The van der Waals surface area contributed by atoms with E-state index in [4.69, 9.17) is 8.75 Å². The Morgan fingerprint density at radius 3 is 1.78 bits per heavy atom. The molecule has 3 fully saturated rings. The molecule has 1 aromatic heterocycles. The minimum absolute atomic E-state index is 0.603. The number of unbranched alkanes of at least 4 members (excludes halogenated alkanes) is 1. The lowest BCUT2D eigenvalue weighted by molar-refractivity contribution is 0.146. The van der Waals surface area contributed by atoms with Gasteiger partial charge in [0.2, 0.25) is 0 Å². The molecule has 214 valence electrons. The Morgan fingerprint density at radius 1 is 0.676 bits per heavy atom. The lowest BCUT2D eigenvalue weighted by atomic mass is 9.80. The molecule has 37 heavy (non-hydrogen) atoms. The Kier molecular flexibility index (Phi) is 17.6. The molecule has 5 heteroatoms. The predicted molar refractivity (Wildman–Crippen MR) is 165 cm³/mol. The fraction of sp³-hybridized carbons (Fsp3) is 0.938. The van der Waals surface area contributed by atoms with Gasteiger partial charge in [-0.15, -0.1) is 11.8 Å². The molecule has 0 spiro atoms. The van der Waals surface area contributed by atoms with Crippen molar-refractivity contribution in [2.45, 2.75) is 166 Å². The van der Waals surface area contributed by atoms with E-state index in [0.717, 1.165) is 5.92 Å².